The van der Waals surface area contributed by atoms with Crippen LogP contribution in [-0.2, 0) is 93.2 Å². The van der Waals surface area contributed by atoms with Gasteiger partial charge in [-0.3, -0.25) is 38.1 Å². The Morgan fingerprint density at radius 1 is 0.736 bits per heavy atom. The SMILES string of the molecule is CC1OC(OC2C(NC(=O)c3cc(=O)[nH]c(=O)[nH]3)CC(C(=O)NCCNC(=O)COCCOCC(=O)Nc3cccc(CNc4cc(SOOO)cc5cc(S(=O)(=O)O)cc(S(=O)(=O)O)c45)c3)CC2OC2OC(CO)C(O)C(O[C@@H](CC3CCCCC3)C(=O)O)C2OC(=O)c2ccccc2)C(O)C(O)C1O. The zero-order valence-electron chi connectivity index (χ0n) is 56.4. The number of nitrogens with one attached hydrogen (secondary N) is 7. The van der Waals surface area contributed by atoms with E-state index < -0.39 is 207 Å². The standard InChI is InChI=1S/C65H81N7O31S3/c1-32-52(77)54(79)55(80)63(96-32)101-56-42(70-60(82)43-27-48(74)72-65(86)71-43)23-37(24-44(56)98-64-58(100-62(85)35-12-6-3-7-13-35)57(53(78)46(29-73)99-64)97-45(61(83)84)20-33-9-4-2-5-10-33)59(81)67-16-15-66-49(75)30-94-17-18-95-31-50(76)69-38-14-8-11-34(19-38)28-68-41-25-39(104-103-102-87)21-36-22-40(105(88,89)90)26-47(51(36)41)106(91,92)93/h3,6-8,11-14,19,21-22,25-27,32-33,37,42,44-46,52-58,63-64,68,73,77-80,87H,2,4-5,9-10,15-18,20,23-24,28-31H2,1H3,(H,66,75)(H,67,81)(H,69,76)(H,70,82)(H,83,84)(H,88,89,90)(H,91,92,93)(H2,71,72,74,86)/t32?,37?,42?,44?,45-,46?,52?,53?,54?,55?,56?,57?,58?,63?,64?/m0/s1. The Balaban J connectivity index is 0.842. The molecule has 4 aliphatic rings. The van der Waals surface area contributed by atoms with Crippen molar-refractivity contribution in [2.24, 2.45) is 11.8 Å². The smallest absolute Gasteiger partial charge is 0.338 e. The van der Waals surface area contributed by atoms with Crippen molar-refractivity contribution in [3.63, 3.8) is 0 Å². The Hall–Kier alpha value is -7.99. The lowest BCUT2D eigenvalue weighted by Crippen LogP contribution is -2.65. The van der Waals surface area contributed by atoms with Gasteiger partial charge in [-0.15, -0.1) is 4.33 Å². The monoisotopic (exact) mass is 1550 g/mol. The maximum atomic E-state index is 14.5. The summed E-state index contributed by atoms with van der Waals surface area (Å²) in [6.07, 6.45) is -19.8. The van der Waals surface area contributed by atoms with Crippen LogP contribution in [-0.4, -0.2) is 239 Å². The molecule has 38 nitrogen and oxygen atoms in total. The third-order valence-corrected chi connectivity index (χ3v) is 20.1. The number of amides is 4. The van der Waals surface area contributed by atoms with Gasteiger partial charge in [-0.25, -0.2) is 19.6 Å². The lowest BCUT2D eigenvalue weighted by atomic mass is 9.80. The normalized spacial score (nSPS) is 25.4. The fourth-order valence-corrected chi connectivity index (χ4v) is 14.5. The van der Waals surface area contributed by atoms with Gasteiger partial charge in [0, 0.05) is 53.3 Å². The second-order valence-corrected chi connectivity index (χ2v) is 28.9. The minimum Gasteiger partial charge on any atom is -0.479 e. The van der Waals surface area contributed by atoms with Crippen molar-refractivity contribution in [1.29, 1.82) is 0 Å². The molecule has 2 saturated carbocycles. The number of carboxylic acid groups (broad SMARTS) is 1. The Bertz CT molecular complexity index is 4220. The molecule has 41 heteroatoms. The number of fused-ring (bicyclic) bond motifs is 1. The molecule has 580 valence electrons. The zero-order chi connectivity index (χ0) is 76.6. The summed E-state index contributed by atoms with van der Waals surface area (Å²) in [6, 6.07) is 17.0. The van der Waals surface area contributed by atoms with Gasteiger partial charge in [-0.05, 0) is 91.6 Å². The number of hydrogen-bond acceptors (Lipinski definition) is 30. The van der Waals surface area contributed by atoms with E-state index in [-0.39, 0.29) is 77.8 Å². The number of H-pyrrole nitrogens is 2. The predicted octanol–water partition coefficient (Wildman–Crippen LogP) is -0.127. The van der Waals surface area contributed by atoms with E-state index in [2.05, 4.69) is 40.9 Å². The summed E-state index contributed by atoms with van der Waals surface area (Å²) in [7, 11) is -10.1. The number of aromatic nitrogens is 2. The first kappa shape index (κ1) is 82.1. The first-order valence-electron chi connectivity index (χ1n) is 33.3. The molecule has 2 aliphatic carbocycles. The number of rotatable bonds is 34. The van der Waals surface area contributed by atoms with Gasteiger partial charge >= 0.3 is 17.6 Å². The molecule has 0 bridgehead atoms. The Morgan fingerprint density at radius 3 is 2.13 bits per heavy atom. The van der Waals surface area contributed by atoms with Crippen molar-refractivity contribution < 1.29 is 138 Å². The summed E-state index contributed by atoms with van der Waals surface area (Å²) in [6.45, 7) is -1.48. The highest BCUT2D eigenvalue weighted by atomic mass is 32.2. The number of anilines is 2. The molecule has 3 heterocycles. The third kappa shape index (κ3) is 22.3. The molecule has 9 rings (SSSR count). The quantitative estimate of drug-likeness (QED) is 0.00637. The highest BCUT2D eigenvalue weighted by molar-refractivity contribution is 7.94. The number of ether oxygens (including phenoxy) is 8. The molecule has 14 unspecified atom stereocenters. The number of aromatic amines is 2. The Labute approximate surface area is 607 Å². The average molecular weight is 1550 g/mol. The topological polar surface area (TPSA) is 571 Å². The number of carbonyl (C=O) groups excluding carboxylic acids is 5. The van der Waals surface area contributed by atoms with Crippen LogP contribution in [0.2, 0.25) is 0 Å². The van der Waals surface area contributed by atoms with Crippen LogP contribution >= 0.6 is 12.0 Å². The van der Waals surface area contributed by atoms with E-state index >= 15 is 0 Å². The first-order valence-corrected chi connectivity index (χ1v) is 36.9. The van der Waals surface area contributed by atoms with E-state index in [4.69, 9.17) is 43.2 Å². The molecule has 0 radical (unpaired) electrons. The lowest BCUT2D eigenvalue weighted by molar-refractivity contribution is -0.432. The maximum absolute atomic E-state index is 14.5. The molecule has 2 aliphatic heterocycles. The number of carboxylic acids is 1. The Kier molecular flexibility index (Phi) is 29.2. The number of aliphatic hydroxyl groups is 5. The molecular formula is C65H81N7O31S3. The molecule has 16 N–H and O–H groups in total. The molecule has 4 fully saturated rings. The van der Waals surface area contributed by atoms with Gasteiger partial charge < -0.3 is 100 Å². The predicted molar refractivity (Wildman–Crippen MR) is 363 cm³/mol. The second-order valence-electron chi connectivity index (χ2n) is 25.3. The van der Waals surface area contributed by atoms with Crippen molar-refractivity contribution >= 4 is 90.0 Å². The van der Waals surface area contributed by atoms with Crippen molar-refractivity contribution in [3.05, 3.63) is 123 Å². The lowest BCUT2D eigenvalue weighted by Gasteiger charge is -2.48. The molecular weight excluding hydrogens is 1470 g/mol. The molecule has 4 amide bonds. The van der Waals surface area contributed by atoms with Crippen molar-refractivity contribution in [1.82, 2.24) is 25.9 Å². The average Bonchev–Trinajstić information content (AvgIpc) is 0.992. The summed E-state index contributed by atoms with van der Waals surface area (Å²) in [4.78, 5) is 109. The zero-order valence-corrected chi connectivity index (χ0v) is 58.8. The van der Waals surface area contributed by atoms with Crippen LogP contribution in [0.3, 0.4) is 0 Å². The van der Waals surface area contributed by atoms with Gasteiger partial charge in [0.25, 0.3) is 31.7 Å². The molecule has 0 spiro atoms. The van der Waals surface area contributed by atoms with Gasteiger partial charge in [0.15, 0.2) is 24.8 Å². The largest absolute Gasteiger partial charge is 0.479 e. The fourth-order valence-electron chi connectivity index (χ4n) is 12.7. The van der Waals surface area contributed by atoms with Crippen LogP contribution in [0.1, 0.15) is 84.7 Å². The van der Waals surface area contributed by atoms with Crippen LogP contribution in [0.15, 0.2) is 109 Å². The van der Waals surface area contributed by atoms with Crippen LogP contribution in [0.25, 0.3) is 10.8 Å². The highest BCUT2D eigenvalue weighted by Crippen LogP contribution is 2.40. The molecule has 2 saturated heterocycles. The van der Waals surface area contributed by atoms with Gasteiger partial charge in [-0.1, -0.05) is 67.5 Å². The van der Waals surface area contributed by atoms with Crippen LogP contribution in [0, 0.1) is 11.8 Å². The summed E-state index contributed by atoms with van der Waals surface area (Å²) in [5.41, 5.74) is -1.89. The number of esters is 1. The van der Waals surface area contributed by atoms with Crippen LogP contribution in [0.5, 0.6) is 0 Å². The Morgan fingerprint density at radius 2 is 1.45 bits per heavy atom. The van der Waals surface area contributed by atoms with E-state index in [1.807, 2.05) is 4.98 Å². The highest BCUT2D eigenvalue weighted by Gasteiger charge is 2.55. The second kappa shape index (κ2) is 37.7. The third-order valence-electron chi connectivity index (χ3n) is 17.8. The van der Waals surface area contributed by atoms with E-state index in [1.54, 1.807) is 30.3 Å². The van der Waals surface area contributed by atoms with Gasteiger partial charge in [-0.2, -0.15) is 16.8 Å². The number of aliphatic carboxylic acids is 1. The van der Waals surface area contributed by atoms with Gasteiger partial charge in [0.05, 0.1) is 60.6 Å². The minimum atomic E-state index is -5.11. The fraction of sp³-hybridized carbons (Fsp3) is 0.508. The summed E-state index contributed by atoms with van der Waals surface area (Å²) in [5, 5.41) is 91.7. The number of aliphatic hydroxyl groups excluding tert-OH is 5. The van der Waals surface area contributed by atoms with E-state index in [1.165, 1.54) is 43.3 Å². The van der Waals surface area contributed by atoms with Gasteiger partial charge in [0.1, 0.15) is 66.5 Å². The first-order chi connectivity index (χ1) is 50.5. The summed E-state index contributed by atoms with van der Waals surface area (Å²) in [5.74, 6) is -7.00. The number of carbonyl (C=O) groups is 6. The van der Waals surface area contributed by atoms with Crippen LogP contribution in [0.4, 0.5) is 11.4 Å². The molecule has 15 atom stereocenters. The summed E-state index contributed by atoms with van der Waals surface area (Å²) < 4.78 is 122. The minimum absolute atomic E-state index is 0.00738. The number of benzene rings is 4. The number of hydrogen-bond donors (Lipinski definition) is 16. The summed E-state index contributed by atoms with van der Waals surface area (Å²) >= 11 is 0.440. The molecule has 1 aromatic heterocycles. The van der Waals surface area contributed by atoms with E-state index in [0.717, 1.165) is 31.4 Å². The molecule has 5 aromatic rings. The molecule has 4 aromatic carbocycles. The molecule has 106 heavy (non-hydrogen) atoms. The van der Waals surface area contributed by atoms with Crippen molar-refractivity contribution in [2.75, 3.05) is 56.8 Å². The van der Waals surface area contributed by atoms with Crippen molar-refractivity contribution in [3.8, 4) is 0 Å². The maximum Gasteiger partial charge on any atom is 0.338 e. The van der Waals surface area contributed by atoms with Gasteiger partial charge in [0.2, 0.25) is 17.7 Å². The van der Waals surface area contributed by atoms with Crippen LogP contribution < -0.4 is 37.8 Å². The van der Waals surface area contributed by atoms with E-state index in [9.17, 15) is 94.9 Å². The van der Waals surface area contributed by atoms with Crippen molar-refractivity contribution in [2.45, 2.75) is 165 Å². The van der Waals surface area contributed by atoms with E-state index in [0.29, 0.717) is 36.5 Å².